The molecule has 2 N–H and O–H groups in total. The van der Waals surface area contributed by atoms with Crippen LogP contribution in [0.25, 0.3) is 10.9 Å². The smallest absolute Gasteiger partial charge is 0.222 e. The van der Waals surface area contributed by atoms with Crippen molar-refractivity contribution in [1.82, 2.24) is 9.97 Å². The molecule has 0 aliphatic rings. The van der Waals surface area contributed by atoms with Crippen LogP contribution in [0.2, 0.25) is 0 Å². The number of fused-ring (bicyclic) bond motifs is 1. The number of rotatable bonds is 4. The molecule has 2 aromatic carbocycles. The molecule has 3 rings (SSSR count). The Labute approximate surface area is 148 Å². The van der Waals surface area contributed by atoms with E-state index in [4.69, 9.17) is 0 Å². The van der Waals surface area contributed by atoms with Crippen LogP contribution in [0.15, 0.2) is 48.8 Å². The number of hydrogen-bond acceptors (Lipinski definition) is 4. The van der Waals surface area contributed by atoms with E-state index in [-0.39, 0.29) is 27.0 Å². The molecule has 116 valence electrons. The van der Waals surface area contributed by atoms with Gasteiger partial charge in [0.05, 0.1) is 0 Å². The van der Waals surface area contributed by atoms with Gasteiger partial charge in [-0.1, -0.05) is 36.2 Å². The van der Waals surface area contributed by atoms with E-state index in [1.807, 2.05) is 43.3 Å². The summed E-state index contributed by atoms with van der Waals surface area (Å²) >= 11 is 0. The molecule has 0 unspecified atom stereocenters. The normalized spacial score (nSPS) is 9.96. The van der Waals surface area contributed by atoms with Gasteiger partial charge in [-0.25, -0.2) is 4.98 Å². The molecule has 0 bridgehead atoms. The van der Waals surface area contributed by atoms with E-state index in [2.05, 4.69) is 26.7 Å². The van der Waals surface area contributed by atoms with Gasteiger partial charge in [-0.2, -0.15) is 6.07 Å². The fourth-order valence-electron chi connectivity index (χ4n) is 2.07. The summed E-state index contributed by atoms with van der Waals surface area (Å²) in [5.41, 5.74) is 2.32. The van der Waals surface area contributed by atoms with E-state index in [1.54, 1.807) is 6.07 Å². The van der Waals surface area contributed by atoms with Gasteiger partial charge >= 0.3 is 0 Å². The molecule has 0 radical (unpaired) electrons. The number of aromatic nitrogens is 2. The molecule has 0 spiro atoms. The second-order valence-corrected chi connectivity index (χ2v) is 4.76. The van der Waals surface area contributed by atoms with Gasteiger partial charge in [-0.05, 0) is 17.6 Å². The number of nitrogens with zero attached hydrogens (tertiary/aromatic N) is 2. The first-order valence-electron chi connectivity index (χ1n) is 7.04. The number of anilines is 3. The van der Waals surface area contributed by atoms with Crippen molar-refractivity contribution in [3.8, 4) is 0 Å². The fourth-order valence-corrected chi connectivity index (χ4v) is 2.07. The van der Waals surface area contributed by atoms with Crippen molar-refractivity contribution in [3.05, 3.63) is 54.9 Å². The molecule has 0 aliphatic heterocycles. The molecule has 5 nitrogen and oxygen atoms in total. The third-order valence-electron chi connectivity index (χ3n) is 3.20. The van der Waals surface area contributed by atoms with Crippen LogP contribution in [0, 0.1) is 6.07 Å². The number of hydrogen-bond donors (Lipinski definition) is 2. The van der Waals surface area contributed by atoms with E-state index in [0.717, 1.165) is 16.6 Å². The summed E-state index contributed by atoms with van der Waals surface area (Å²) in [7, 11) is 0. The van der Waals surface area contributed by atoms with Crippen LogP contribution >= 0.6 is 0 Å². The SMILES string of the molecule is CCC(=O)Nc1[c-]cc2ncnc(Nc3ccccc3)c2c1.[W]. The summed E-state index contributed by atoms with van der Waals surface area (Å²) in [4.78, 5) is 20.0. The average Bonchev–Trinajstić information content (AvgIpc) is 2.56. The first-order valence-corrected chi connectivity index (χ1v) is 7.04. The standard InChI is InChI=1S/C17H15N4O.W/c1-2-16(22)20-13-8-9-15-14(10-13)17(19-11-18-15)21-12-6-4-3-5-7-12;/h3-7,9-11H,2H2,1H3,(H,20,22)(H,18,19,21);/q-1;. The summed E-state index contributed by atoms with van der Waals surface area (Å²) in [6.45, 7) is 1.81. The van der Waals surface area contributed by atoms with Gasteiger partial charge in [0.15, 0.2) is 0 Å². The second kappa shape index (κ2) is 7.84. The number of carbonyl (C=O) groups is 1. The Kier molecular flexibility index (Phi) is 5.83. The van der Waals surface area contributed by atoms with Crippen LogP contribution in [0.4, 0.5) is 17.2 Å². The van der Waals surface area contributed by atoms with Crippen molar-refractivity contribution in [3.63, 3.8) is 0 Å². The number of amides is 1. The molecule has 3 aromatic rings. The molecule has 6 heteroatoms. The summed E-state index contributed by atoms with van der Waals surface area (Å²) in [6.07, 6.45) is 1.93. The Morgan fingerprint density at radius 3 is 2.74 bits per heavy atom. The Balaban J connectivity index is 0.00000192. The number of benzene rings is 2. The molecule has 0 aliphatic carbocycles. The fraction of sp³-hybridized carbons (Fsp3) is 0.118. The molecule has 0 fully saturated rings. The zero-order chi connectivity index (χ0) is 15.4. The van der Waals surface area contributed by atoms with E-state index in [0.29, 0.717) is 17.9 Å². The van der Waals surface area contributed by atoms with Gasteiger partial charge in [0.25, 0.3) is 0 Å². The van der Waals surface area contributed by atoms with Gasteiger partial charge in [0.1, 0.15) is 12.1 Å². The molecule has 0 saturated heterocycles. The van der Waals surface area contributed by atoms with Crippen LogP contribution in [0.3, 0.4) is 0 Å². The van der Waals surface area contributed by atoms with Crippen LogP contribution in [0.5, 0.6) is 0 Å². The van der Waals surface area contributed by atoms with E-state index >= 15 is 0 Å². The molecule has 0 saturated carbocycles. The molecule has 1 heterocycles. The van der Waals surface area contributed by atoms with E-state index < -0.39 is 0 Å². The second-order valence-electron chi connectivity index (χ2n) is 4.76. The monoisotopic (exact) mass is 475 g/mol. The Morgan fingerprint density at radius 2 is 2.00 bits per heavy atom. The minimum atomic E-state index is -0.0509. The maximum absolute atomic E-state index is 11.5. The zero-order valence-corrected chi connectivity index (χ0v) is 15.5. The predicted octanol–water partition coefficient (Wildman–Crippen LogP) is 3.52. The number of para-hydroxylation sites is 1. The van der Waals surface area contributed by atoms with Crippen LogP contribution < -0.4 is 10.6 Å². The Hall–Kier alpha value is -2.26. The maximum atomic E-state index is 11.5. The molecule has 1 amide bonds. The van der Waals surface area contributed by atoms with Crippen molar-refractivity contribution < 1.29 is 25.9 Å². The average molecular weight is 475 g/mol. The topological polar surface area (TPSA) is 66.9 Å². The minimum absolute atomic E-state index is 0. The van der Waals surface area contributed by atoms with Crippen molar-refractivity contribution in [2.24, 2.45) is 0 Å². The van der Waals surface area contributed by atoms with Crippen LogP contribution in [-0.2, 0) is 25.9 Å². The van der Waals surface area contributed by atoms with Gasteiger partial charge in [-0.3, -0.25) is 4.79 Å². The van der Waals surface area contributed by atoms with Gasteiger partial charge in [-0.15, -0.1) is 12.1 Å². The molecule has 1 aromatic heterocycles. The molecular weight excluding hydrogens is 460 g/mol. The maximum Gasteiger partial charge on any atom is 0.222 e. The summed E-state index contributed by atoms with van der Waals surface area (Å²) in [5.74, 6) is 0.641. The minimum Gasteiger partial charge on any atom is -0.350 e. The Bertz CT molecular complexity index is 808. The summed E-state index contributed by atoms with van der Waals surface area (Å²) in [6, 6.07) is 16.4. The van der Waals surface area contributed by atoms with Crippen molar-refractivity contribution >= 4 is 34.0 Å². The van der Waals surface area contributed by atoms with Gasteiger partial charge < -0.3 is 15.6 Å². The number of carbonyl (C=O) groups excluding carboxylic acids is 1. The third kappa shape index (κ3) is 4.14. The zero-order valence-electron chi connectivity index (χ0n) is 12.5. The largest absolute Gasteiger partial charge is 0.350 e. The quantitative estimate of drug-likeness (QED) is 0.567. The molecular formula is C17H15N4OW-. The first kappa shape index (κ1) is 17.1. The first-order chi connectivity index (χ1) is 10.8. The van der Waals surface area contributed by atoms with Crippen molar-refractivity contribution in [2.75, 3.05) is 10.6 Å². The molecule has 0 atom stereocenters. The molecule has 23 heavy (non-hydrogen) atoms. The van der Waals surface area contributed by atoms with Crippen LogP contribution in [0.1, 0.15) is 13.3 Å². The van der Waals surface area contributed by atoms with Gasteiger partial charge in [0, 0.05) is 33.2 Å². The van der Waals surface area contributed by atoms with Gasteiger partial charge in [0.2, 0.25) is 5.91 Å². The van der Waals surface area contributed by atoms with E-state index in [9.17, 15) is 4.79 Å². The summed E-state index contributed by atoms with van der Waals surface area (Å²) < 4.78 is 0. The third-order valence-corrected chi connectivity index (χ3v) is 3.20. The summed E-state index contributed by atoms with van der Waals surface area (Å²) in [5, 5.41) is 6.89. The Morgan fingerprint density at radius 1 is 1.22 bits per heavy atom. The van der Waals surface area contributed by atoms with E-state index in [1.165, 1.54) is 6.33 Å². The number of nitrogens with one attached hydrogen (secondary N) is 2. The van der Waals surface area contributed by atoms with Crippen LogP contribution in [-0.4, -0.2) is 15.9 Å². The van der Waals surface area contributed by atoms with Crippen molar-refractivity contribution in [1.29, 1.82) is 0 Å². The van der Waals surface area contributed by atoms with Crippen molar-refractivity contribution in [2.45, 2.75) is 13.3 Å². The predicted molar refractivity (Wildman–Crippen MR) is 87.0 cm³/mol.